The number of ether oxygens (including phenoxy) is 1. The van der Waals surface area contributed by atoms with Crippen molar-refractivity contribution in [3.63, 3.8) is 0 Å². The Balaban J connectivity index is 2.02. The van der Waals surface area contributed by atoms with Gasteiger partial charge in [0.05, 0.1) is 12.7 Å². The van der Waals surface area contributed by atoms with Crippen LogP contribution >= 0.6 is 0 Å². The van der Waals surface area contributed by atoms with E-state index >= 15 is 0 Å². The molecule has 0 saturated carbocycles. The topological polar surface area (TPSA) is 46.6 Å². The molecule has 4 nitrogen and oxygen atoms in total. The Kier molecular flexibility index (Phi) is 6.18. The lowest BCUT2D eigenvalue weighted by Gasteiger charge is -2.35. The molecule has 34 heavy (non-hydrogen) atoms. The molecule has 0 radical (unpaired) electrons. The average Bonchev–Trinajstić information content (AvgIpc) is 2.84. The van der Waals surface area contributed by atoms with Gasteiger partial charge < -0.3 is 9.64 Å². The molecule has 0 spiro atoms. The maximum Gasteiger partial charge on any atom is 0.338 e. The highest BCUT2D eigenvalue weighted by Gasteiger charge is 2.30. The first-order chi connectivity index (χ1) is 16.1. The van der Waals surface area contributed by atoms with Gasteiger partial charge in [-0.25, -0.2) is 4.79 Å². The summed E-state index contributed by atoms with van der Waals surface area (Å²) in [7, 11) is 3.23. The molecule has 4 heteroatoms. The normalized spacial score (nSPS) is 12.5. The van der Waals surface area contributed by atoms with Crippen LogP contribution in [0.4, 0.5) is 0 Å². The van der Waals surface area contributed by atoms with Gasteiger partial charge in [-0.3, -0.25) is 4.79 Å². The molecule has 0 fully saturated rings. The maximum absolute atomic E-state index is 13.9. The van der Waals surface area contributed by atoms with E-state index in [1.807, 2.05) is 79.8 Å². The number of fused-ring (bicyclic) bond motifs is 2. The largest absolute Gasteiger partial charge is 0.465 e. The third kappa shape index (κ3) is 4.28. The lowest BCUT2D eigenvalue weighted by Crippen LogP contribution is -2.43. The van der Waals surface area contributed by atoms with Gasteiger partial charge in [0, 0.05) is 18.7 Å². The number of amides is 1. The molecule has 0 aliphatic carbocycles. The lowest BCUT2D eigenvalue weighted by molar-refractivity contribution is 0.0599. The number of hydrogen-bond donors (Lipinski definition) is 0. The zero-order valence-electron chi connectivity index (χ0n) is 20.7. The molecule has 0 heterocycles. The zero-order valence-corrected chi connectivity index (χ0v) is 20.7. The average molecular weight is 454 g/mol. The second-order valence-corrected chi connectivity index (χ2v) is 9.94. The first-order valence-electron chi connectivity index (χ1n) is 11.5. The molecule has 0 aliphatic rings. The molecule has 0 aliphatic heterocycles. The van der Waals surface area contributed by atoms with Crippen molar-refractivity contribution in [1.29, 1.82) is 0 Å². The Labute approximate surface area is 201 Å². The van der Waals surface area contributed by atoms with E-state index in [0.717, 1.165) is 27.1 Å². The standard InChI is InChI=1S/C30H31NO3/c1-19(30(2,3)4)31(5)28(32)26-17-22-13-9-7-11-20(22)15-24(26)25-16-21-12-8-10-14-23(21)18-27(25)29(33)34-6/h7-19H,1-6H3/t19-/m1/s1. The van der Waals surface area contributed by atoms with E-state index in [-0.39, 0.29) is 17.4 Å². The first-order valence-corrected chi connectivity index (χ1v) is 11.5. The van der Waals surface area contributed by atoms with Gasteiger partial charge in [-0.15, -0.1) is 0 Å². The molecule has 0 unspecified atom stereocenters. The van der Waals surface area contributed by atoms with Crippen LogP contribution in [0.2, 0.25) is 0 Å². The van der Waals surface area contributed by atoms with E-state index in [2.05, 4.69) is 27.7 Å². The van der Waals surface area contributed by atoms with E-state index in [4.69, 9.17) is 4.74 Å². The van der Waals surface area contributed by atoms with E-state index in [1.54, 1.807) is 4.90 Å². The number of carbonyl (C=O) groups is 2. The molecular formula is C30H31NO3. The van der Waals surface area contributed by atoms with Crippen LogP contribution in [0.5, 0.6) is 0 Å². The molecule has 4 aromatic carbocycles. The van der Waals surface area contributed by atoms with Crippen molar-refractivity contribution in [1.82, 2.24) is 4.90 Å². The second-order valence-electron chi connectivity index (χ2n) is 9.94. The third-order valence-electron chi connectivity index (χ3n) is 6.85. The van der Waals surface area contributed by atoms with Gasteiger partial charge in [-0.05, 0) is 69.3 Å². The molecule has 174 valence electrons. The van der Waals surface area contributed by atoms with Crippen LogP contribution in [0.3, 0.4) is 0 Å². The number of rotatable bonds is 4. The fraction of sp³-hybridized carbons (Fsp3) is 0.267. The van der Waals surface area contributed by atoms with Gasteiger partial charge in [-0.2, -0.15) is 0 Å². The maximum atomic E-state index is 13.9. The van der Waals surface area contributed by atoms with Gasteiger partial charge in [0.15, 0.2) is 0 Å². The molecule has 4 aromatic rings. The third-order valence-corrected chi connectivity index (χ3v) is 6.85. The fourth-order valence-electron chi connectivity index (χ4n) is 4.33. The second kappa shape index (κ2) is 8.94. The summed E-state index contributed by atoms with van der Waals surface area (Å²) in [5.41, 5.74) is 2.34. The summed E-state index contributed by atoms with van der Waals surface area (Å²) < 4.78 is 5.13. The highest BCUT2D eigenvalue weighted by atomic mass is 16.5. The summed E-state index contributed by atoms with van der Waals surface area (Å²) in [6.45, 7) is 8.44. The van der Waals surface area contributed by atoms with Gasteiger partial charge in [-0.1, -0.05) is 69.3 Å². The Morgan fingerprint density at radius 2 is 1.18 bits per heavy atom. The fourth-order valence-corrected chi connectivity index (χ4v) is 4.33. The Morgan fingerprint density at radius 1 is 0.765 bits per heavy atom. The monoisotopic (exact) mass is 453 g/mol. The number of benzene rings is 4. The van der Waals surface area contributed by atoms with Gasteiger partial charge >= 0.3 is 5.97 Å². The van der Waals surface area contributed by atoms with Gasteiger partial charge in [0.2, 0.25) is 0 Å². The molecule has 0 N–H and O–H groups in total. The van der Waals surface area contributed by atoms with Crippen molar-refractivity contribution in [2.75, 3.05) is 14.2 Å². The Hall–Kier alpha value is -3.66. The number of carbonyl (C=O) groups excluding carboxylic acids is 2. The molecule has 1 atom stereocenters. The first kappa shape index (κ1) is 23.5. The number of hydrogen-bond acceptors (Lipinski definition) is 3. The smallest absolute Gasteiger partial charge is 0.338 e. The van der Waals surface area contributed by atoms with Crippen molar-refractivity contribution in [3.05, 3.63) is 83.9 Å². The number of nitrogens with zero attached hydrogens (tertiary/aromatic N) is 1. The summed E-state index contributed by atoms with van der Waals surface area (Å²) in [5, 5.41) is 3.92. The van der Waals surface area contributed by atoms with Crippen molar-refractivity contribution in [2.24, 2.45) is 5.41 Å². The summed E-state index contributed by atoms with van der Waals surface area (Å²) in [5.74, 6) is -0.504. The van der Waals surface area contributed by atoms with E-state index in [0.29, 0.717) is 16.7 Å². The van der Waals surface area contributed by atoms with Crippen LogP contribution in [-0.4, -0.2) is 37.0 Å². The minimum atomic E-state index is -0.427. The van der Waals surface area contributed by atoms with Crippen molar-refractivity contribution in [3.8, 4) is 11.1 Å². The lowest BCUT2D eigenvalue weighted by atomic mass is 9.86. The molecule has 4 rings (SSSR count). The summed E-state index contributed by atoms with van der Waals surface area (Å²) in [6, 6.07) is 23.6. The zero-order chi connectivity index (χ0) is 24.6. The minimum absolute atomic E-state index is 0.0102. The molecule has 0 saturated heterocycles. The van der Waals surface area contributed by atoms with Crippen LogP contribution in [0.1, 0.15) is 48.4 Å². The summed E-state index contributed by atoms with van der Waals surface area (Å²) in [4.78, 5) is 28.5. The predicted molar refractivity (Wildman–Crippen MR) is 139 cm³/mol. The number of methoxy groups -OCH3 is 1. The number of esters is 1. The van der Waals surface area contributed by atoms with E-state index < -0.39 is 5.97 Å². The quantitative estimate of drug-likeness (QED) is 0.314. The SMILES string of the molecule is COC(=O)c1cc2ccccc2cc1-c1cc2ccccc2cc1C(=O)N(C)[C@H](C)C(C)(C)C. The highest BCUT2D eigenvalue weighted by Crippen LogP contribution is 2.36. The van der Waals surface area contributed by atoms with Crippen LogP contribution in [-0.2, 0) is 4.74 Å². The minimum Gasteiger partial charge on any atom is -0.465 e. The molecule has 0 aromatic heterocycles. The van der Waals surface area contributed by atoms with Crippen molar-refractivity contribution < 1.29 is 14.3 Å². The van der Waals surface area contributed by atoms with Crippen LogP contribution < -0.4 is 0 Å². The summed E-state index contributed by atoms with van der Waals surface area (Å²) >= 11 is 0. The van der Waals surface area contributed by atoms with E-state index in [1.165, 1.54) is 7.11 Å². The van der Waals surface area contributed by atoms with Crippen LogP contribution in [0.25, 0.3) is 32.7 Å². The Morgan fingerprint density at radius 3 is 1.62 bits per heavy atom. The predicted octanol–water partition coefficient (Wildman–Crippen LogP) is 6.95. The van der Waals surface area contributed by atoms with Crippen LogP contribution in [0, 0.1) is 5.41 Å². The van der Waals surface area contributed by atoms with Crippen molar-refractivity contribution in [2.45, 2.75) is 33.7 Å². The molecule has 1 amide bonds. The molecule has 0 bridgehead atoms. The van der Waals surface area contributed by atoms with Crippen molar-refractivity contribution >= 4 is 33.4 Å². The molecular weight excluding hydrogens is 422 g/mol. The Bertz CT molecular complexity index is 1400. The van der Waals surface area contributed by atoms with E-state index in [9.17, 15) is 9.59 Å². The van der Waals surface area contributed by atoms with Gasteiger partial charge in [0.25, 0.3) is 5.91 Å². The highest BCUT2D eigenvalue weighted by molar-refractivity contribution is 6.10. The summed E-state index contributed by atoms with van der Waals surface area (Å²) in [6.07, 6.45) is 0. The van der Waals surface area contributed by atoms with Gasteiger partial charge in [0.1, 0.15) is 0 Å². The van der Waals surface area contributed by atoms with Crippen LogP contribution in [0.15, 0.2) is 72.8 Å².